The minimum absolute atomic E-state index is 0.00721. The molecular weight excluding hydrogens is 186 g/mol. The van der Waals surface area contributed by atoms with Crippen LogP contribution in [0.2, 0.25) is 0 Å². The summed E-state index contributed by atoms with van der Waals surface area (Å²) in [5.41, 5.74) is -0.00721. The van der Waals surface area contributed by atoms with Crippen molar-refractivity contribution in [3.63, 3.8) is 0 Å². The fraction of sp³-hybridized carbons (Fsp3) is 0.923. The van der Waals surface area contributed by atoms with Gasteiger partial charge in [0.1, 0.15) is 0 Å². The predicted octanol–water partition coefficient (Wildman–Crippen LogP) is 3.07. The number of likely N-dealkylation sites (tertiary alicyclic amines) is 1. The van der Waals surface area contributed by atoms with Gasteiger partial charge in [-0.3, -0.25) is 4.79 Å². The zero-order valence-electron chi connectivity index (χ0n) is 10.8. The van der Waals surface area contributed by atoms with Crippen molar-refractivity contribution in [2.45, 2.75) is 59.4 Å². The van der Waals surface area contributed by atoms with Crippen LogP contribution < -0.4 is 0 Å². The van der Waals surface area contributed by atoms with Crippen LogP contribution in [0.3, 0.4) is 0 Å². The summed E-state index contributed by atoms with van der Waals surface area (Å²) in [5, 5.41) is 0. The highest BCUT2D eigenvalue weighted by molar-refractivity contribution is 5.77. The second-order valence-corrected chi connectivity index (χ2v) is 6.21. The van der Waals surface area contributed by atoms with E-state index in [-0.39, 0.29) is 5.54 Å². The molecule has 0 bridgehead atoms. The maximum atomic E-state index is 11.8. The minimum Gasteiger partial charge on any atom is -0.338 e. The van der Waals surface area contributed by atoms with Gasteiger partial charge < -0.3 is 4.90 Å². The maximum absolute atomic E-state index is 11.8. The lowest BCUT2D eigenvalue weighted by Gasteiger charge is -2.42. The second kappa shape index (κ2) is 4.54. The number of carbonyl (C=O) groups is 1. The van der Waals surface area contributed by atoms with Gasteiger partial charge in [-0.25, -0.2) is 0 Å². The molecule has 2 heteroatoms. The van der Waals surface area contributed by atoms with Crippen LogP contribution in [0.4, 0.5) is 0 Å². The molecule has 1 heterocycles. The molecule has 0 aromatic rings. The Kier molecular flexibility index (Phi) is 3.80. The number of hydrogen-bond acceptors (Lipinski definition) is 1. The van der Waals surface area contributed by atoms with Crippen molar-refractivity contribution >= 4 is 5.91 Å². The summed E-state index contributed by atoms with van der Waals surface area (Å²) >= 11 is 0. The summed E-state index contributed by atoms with van der Waals surface area (Å²) in [6, 6.07) is 0. The lowest BCUT2D eigenvalue weighted by atomic mass is 9.87. The first-order valence-corrected chi connectivity index (χ1v) is 6.11. The molecule has 0 saturated carbocycles. The lowest BCUT2D eigenvalue weighted by molar-refractivity contribution is -0.140. The minimum atomic E-state index is -0.00721. The third-order valence-electron chi connectivity index (χ3n) is 3.12. The Morgan fingerprint density at radius 2 is 2.00 bits per heavy atom. The average Bonchev–Trinajstić information content (AvgIpc) is 2.05. The zero-order chi connectivity index (χ0) is 11.6. The molecule has 1 amide bonds. The fourth-order valence-electron chi connectivity index (χ4n) is 2.42. The molecule has 0 radical (unpaired) electrons. The largest absolute Gasteiger partial charge is 0.338 e. The number of piperidine rings is 1. The Bertz CT molecular complexity index is 227. The first kappa shape index (κ1) is 12.5. The van der Waals surface area contributed by atoms with E-state index in [0.717, 1.165) is 25.3 Å². The van der Waals surface area contributed by atoms with E-state index in [2.05, 4.69) is 39.5 Å². The maximum Gasteiger partial charge on any atom is 0.223 e. The first-order chi connectivity index (χ1) is 6.80. The third-order valence-corrected chi connectivity index (χ3v) is 3.12. The molecule has 1 unspecified atom stereocenters. The van der Waals surface area contributed by atoms with Crippen LogP contribution in [-0.4, -0.2) is 22.9 Å². The lowest BCUT2D eigenvalue weighted by Crippen LogP contribution is -2.50. The van der Waals surface area contributed by atoms with Crippen LogP contribution in [0.1, 0.15) is 53.9 Å². The van der Waals surface area contributed by atoms with Gasteiger partial charge in [-0.2, -0.15) is 0 Å². The van der Waals surface area contributed by atoms with Crippen molar-refractivity contribution in [3.05, 3.63) is 0 Å². The number of amides is 1. The second-order valence-electron chi connectivity index (χ2n) is 6.21. The molecule has 1 aliphatic rings. The smallest absolute Gasteiger partial charge is 0.223 e. The first-order valence-electron chi connectivity index (χ1n) is 6.11. The molecule has 0 N–H and O–H groups in total. The van der Waals surface area contributed by atoms with Gasteiger partial charge in [0, 0.05) is 18.5 Å². The third kappa shape index (κ3) is 3.51. The highest BCUT2D eigenvalue weighted by Gasteiger charge is 2.32. The van der Waals surface area contributed by atoms with Gasteiger partial charge in [0.25, 0.3) is 0 Å². The number of rotatable bonds is 2. The summed E-state index contributed by atoms with van der Waals surface area (Å²) in [7, 11) is 0. The normalized spacial score (nSPS) is 23.7. The monoisotopic (exact) mass is 211 g/mol. The van der Waals surface area contributed by atoms with Crippen LogP contribution >= 0.6 is 0 Å². The molecule has 0 aromatic heterocycles. The predicted molar refractivity (Wildman–Crippen MR) is 63.6 cm³/mol. The van der Waals surface area contributed by atoms with Crippen molar-refractivity contribution < 1.29 is 4.79 Å². The summed E-state index contributed by atoms with van der Waals surface area (Å²) in [6.45, 7) is 11.9. The molecule has 1 fully saturated rings. The fourth-order valence-corrected chi connectivity index (χ4v) is 2.42. The molecule has 0 spiro atoms. The van der Waals surface area contributed by atoms with Gasteiger partial charge in [0.15, 0.2) is 0 Å². The molecule has 0 aromatic carbocycles. The quantitative estimate of drug-likeness (QED) is 0.687. The number of nitrogens with zero attached hydrogens (tertiary/aromatic N) is 1. The Morgan fingerprint density at radius 1 is 1.40 bits per heavy atom. The molecule has 88 valence electrons. The van der Waals surface area contributed by atoms with E-state index in [0.29, 0.717) is 11.8 Å². The van der Waals surface area contributed by atoms with E-state index >= 15 is 0 Å². The van der Waals surface area contributed by atoms with Crippen molar-refractivity contribution in [2.75, 3.05) is 6.54 Å². The summed E-state index contributed by atoms with van der Waals surface area (Å²) in [6.07, 6.45) is 3.08. The van der Waals surface area contributed by atoms with Gasteiger partial charge in [0.2, 0.25) is 5.91 Å². The van der Waals surface area contributed by atoms with Crippen LogP contribution in [0.5, 0.6) is 0 Å². The highest BCUT2D eigenvalue weighted by Crippen LogP contribution is 2.28. The van der Waals surface area contributed by atoms with Crippen LogP contribution in [0.15, 0.2) is 0 Å². The van der Waals surface area contributed by atoms with Crippen LogP contribution in [-0.2, 0) is 4.79 Å². The van der Waals surface area contributed by atoms with E-state index in [4.69, 9.17) is 0 Å². The van der Waals surface area contributed by atoms with Crippen molar-refractivity contribution in [1.29, 1.82) is 0 Å². The van der Waals surface area contributed by atoms with Gasteiger partial charge >= 0.3 is 0 Å². The number of carbonyl (C=O) groups excluding carboxylic acids is 1. The van der Waals surface area contributed by atoms with E-state index in [1.165, 1.54) is 6.42 Å². The number of hydrogen-bond donors (Lipinski definition) is 0. The average molecular weight is 211 g/mol. The van der Waals surface area contributed by atoms with Gasteiger partial charge in [0.05, 0.1) is 0 Å². The SMILES string of the molecule is CC(C)CC1CCC(=O)N(C(C)(C)C)C1. The van der Waals surface area contributed by atoms with Gasteiger partial charge in [-0.1, -0.05) is 13.8 Å². The van der Waals surface area contributed by atoms with Gasteiger partial charge in [-0.05, 0) is 45.4 Å². The van der Waals surface area contributed by atoms with Gasteiger partial charge in [-0.15, -0.1) is 0 Å². The molecule has 2 nitrogen and oxygen atoms in total. The molecule has 1 aliphatic heterocycles. The summed E-state index contributed by atoms with van der Waals surface area (Å²) in [4.78, 5) is 13.9. The Hall–Kier alpha value is -0.530. The van der Waals surface area contributed by atoms with E-state index in [1.54, 1.807) is 0 Å². The molecule has 1 atom stereocenters. The van der Waals surface area contributed by atoms with E-state index in [9.17, 15) is 4.79 Å². The highest BCUT2D eigenvalue weighted by atomic mass is 16.2. The molecule has 15 heavy (non-hydrogen) atoms. The Labute approximate surface area is 94.0 Å². The van der Waals surface area contributed by atoms with E-state index in [1.807, 2.05) is 0 Å². The molecule has 1 saturated heterocycles. The van der Waals surface area contributed by atoms with E-state index < -0.39 is 0 Å². The zero-order valence-corrected chi connectivity index (χ0v) is 10.8. The van der Waals surface area contributed by atoms with Crippen LogP contribution in [0, 0.1) is 11.8 Å². The van der Waals surface area contributed by atoms with Crippen molar-refractivity contribution in [3.8, 4) is 0 Å². The summed E-state index contributed by atoms with van der Waals surface area (Å²) in [5.74, 6) is 1.79. The standard InChI is InChI=1S/C13H25NO/c1-10(2)8-11-6-7-12(15)14(9-11)13(3,4)5/h10-11H,6-9H2,1-5H3. The van der Waals surface area contributed by atoms with Crippen LogP contribution in [0.25, 0.3) is 0 Å². The molecule has 0 aliphatic carbocycles. The Balaban J connectivity index is 2.60. The Morgan fingerprint density at radius 3 is 2.47 bits per heavy atom. The molecular formula is C13H25NO. The van der Waals surface area contributed by atoms with Crippen molar-refractivity contribution in [2.24, 2.45) is 11.8 Å². The topological polar surface area (TPSA) is 20.3 Å². The van der Waals surface area contributed by atoms with Crippen molar-refractivity contribution in [1.82, 2.24) is 4.90 Å². The summed E-state index contributed by atoms with van der Waals surface area (Å²) < 4.78 is 0. The molecule has 1 rings (SSSR count).